The summed E-state index contributed by atoms with van der Waals surface area (Å²) in [5.41, 5.74) is 1.20. The molecule has 13 atom stereocenters. The van der Waals surface area contributed by atoms with Gasteiger partial charge in [0.2, 0.25) is 41.7 Å². The number of aliphatic carboxylic acids is 1. The number of amides is 7. The lowest BCUT2D eigenvalue weighted by atomic mass is 9.89. The van der Waals surface area contributed by atoms with E-state index < -0.39 is 134 Å². The fourth-order valence-corrected chi connectivity index (χ4v) is 11.5. The van der Waals surface area contributed by atoms with Crippen molar-refractivity contribution in [2.24, 2.45) is 29.6 Å². The lowest BCUT2D eigenvalue weighted by molar-refractivity contribution is -0.206. The number of benzene rings is 2. The number of carboxylic acids is 1. The van der Waals surface area contributed by atoms with Crippen LogP contribution in [0.1, 0.15) is 110 Å². The van der Waals surface area contributed by atoms with Crippen molar-refractivity contribution in [1.82, 2.24) is 35.6 Å². The molecule has 496 valence electrons. The number of nitrogens with two attached hydrogens (primary N) is 1. The molecular formula is C61H93N9O18S. The standard InChI is InChI=1S/C61H93N9O18S/c1-13-36(6)52(46(83-11)30-49(76)70-26-17-20-43(70)53(84-12)37(7)55(77)66-42(57-64-25-27-89-57)28-39-18-15-14-16-19-39)68(9)58(79)50(34(2)3)67-56(78)51(35(4)5)69(10)61(82)85-32-40-21-22-45(41(29-40)65-47(74)23-24-63-48(75)33-86-62)87-60(38(8)72)88-54(59(80)81)44(73)31-71/h14-16,18-19,21-22,25,27,29,34-38,42-44,46,50-54,60,71-73H,13,17,20,23-24,26,28,30-33,62H2,1-12H3,(H,63,75)(H,65,74)(H,66,77)(H,67,78)(H,80,81)/t36?,37-,38+,42+,43+,44+,46-,50+,51+,52+,53-,54?,60-/m1/s1. The molecule has 1 saturated heterocycles. The van der Waals surface area contributed by atoms with E-state index in [4.69, 9.17) is 29.6 Å². The summed E-state index contributed by atoms with van der Waals surface area (Å²) < 4.78 is 29.0. The van der Waals surface area contributed by atoms with E-state index in [1.54, 1.807) is 59.9 Å². The molecule has 1 aliphatic rings. The van der Waals surface area contributed by atoms with Crippen LogP contribution in [0.3, 0.4) is 0 Å². The molecule has 0 aliphatic carbocycles. The lowest BCUT2D eigenvalue weighted by Gasteiger charge is -2.41. The van der Waals surface area contributed by atoms with Crippen LogP contribution in [-0.4, -0.2) is 203 Å². The third-order valence-corrected chi connectivity index (χ3v) is 16.6. The average Bonchev–Trinajstić information content (AvgIpc) is 3.03. The fourth-order valence-electron chi connectivity index (χ4n) is 10.8. The zero-order chi connectivity index (χ0) is 66.2. The first-order valence-corrected chi connectivity index (χ1v) is 30.7. The predicted octanol–water partition coefficient (Wildman–Crippen LogP) is 3.14. The summed E-state index contributed by atoms with van der Waals surface area (Å²) in [5.74, 6) is -1.62. The van der Waals surface area contributed by atoms with Gasteiger partial charge in [-0.3, -0.25) is 38.5 Å². The van der Waals surface area contributed by atoms with Crippen molar-refractivity contribution in [2.75, 3.05) is 59.9 Å². The summed E-state index contributed by atoms with van der Waals surface area (Å²) in [4.78, 5) is 122. The quantitative estimate of drug-likeness (QED) is 0.0296. The Balaban J connectivity index is 1.50. The number of ether oxygens (including phenoxy) is 5. The highest BCUT2D eigenvalue weighted by Gasteiger charge is 2.44. The van der Waals surface area contributed by atoms with Crippen LogP contribution in [0.2, 0.25) is 0 Å². The van der Waals surface area contributed by atoms with Gasteiger partial charge in [0.05, 0.1) is 55.0 Å². The van der Waals surface area contributed by atoms with Gasteiger partial charge in [0, 0.05) is 59.4 Å². The number of carbonyl (C=O) groups is 8. The van der Waals surface area contributed by atoms with E-state index in [9.17, 15) is 58.8 Å². The number of likely N-dealkylation sites (N-methyl/N-ethyl adjacent to an activating group) is 2. The normalized spacial score (nSPS) is 17.3. The highest BCUT2D eigenvalue weighted by atomic mass is 32.1. The number of carbonyl (C=O) groups excluding carboxylic acids is 7. The van der Waals surface area contributed by atoms with Crippen LogP contribution >= 0.6 is 11.3 Å². The Bertz CT molecular complexity index is 2740. The van der Waals surface area contributed by atoms with Gasteiger partial charge in [0.1, 0.15) is 48.3 Å². The number of nitrogens with zero attached hydrogens (tertiary/aromatic N) is 4. The molecule has 27 nitrogen and oxygen atoms in total. The highest BCUT2D eigenvalue weighted by molar-refractivity contribution is 7.09. The smallest absolute Gasteiger partial charge is 0.410 e. The molecule has 7 amide bonds. The maximum Gasteiger partial charge on any atom is 0.410 e. The van der Waals surface area contributed by atoms with Crippen LogP contribution in [0.25, 0.3) is 0 Å². The first-order chi connectivity index (χ1) is 42.2. The molecule has 1 fully saturated rings. The zero-order valence-electron chi connectivity index (χ0n) is 53.0. The van der Waals surface area contributed by atoms with Crippen LogP contribution in [0.5, 0.6) is 5.75 Å². The van der Waals surface area contributed by atoms with Gasteiger partial charge in [0.25, 0.3) is 0 Å². The van der Waals surface area contributed by atoms with Gasteiger partial charge in [0.15, 0.2) is 6.10 Å². The minimum Gasteiger partial charge on any atom is -0.479 e. The van der Waals surface area contributed by atoms with Gasteiger partial charge in [-0.25, -0.2) is 20.5 Å². The van der Waals surface area contributed by atoms with Crippen molar-refractivity contribution in [2.45, 2.75) is 168 Å². The van der Waals surface area contributed by atoms with Crippen molar-refractivity contribution in [1.29, 1.82) is 0 Å². The van der Waals surface area contributed by atoms with E-state index in [1.165, 1.54) is 55.5 Å². The minimum atomic E-state index is -2.05. The van der Waals surface area contributed by atoms with Crippen LogP contribution in [0, 0.1) is 23.7 Å². The molecule has 0 radical (unpaired) electrons. The fraction of sp³-hybridized carbons (Fsp3) is 0.623. The third kappa shape index (κ3) is 21.7. The molecule has 89 heavy (non-hydrogen) atoms. The number of thiazole rings is 1. The number of likely N-dealkylation sites (tertiary alicyclic amines) is 1. The summed E-state index contributed by atoms with van der Waals surface area (Å²) in [6.07, 6.45) is -5.95. The molecule has 1 aromatic heterocycles. The molecule has 0 saturated carbocycles. The van der Waals surface area contributed by atoms with Gasteiger partial charge in [-0.2, -0.15) is 0 Å². The maximum atomic E-state index is 14.9. The Morgan fingerprint density at radius 2 is 1.57 bits per heavy atom. The Labute approximate surface area is 524 Å². The lowest BCUT2D eigenvalue weighted by Crippen LogP contribution is -2.60. The number of anilines is 1. The van der Waals surface area contributed by atoms with E-state index in [0.717, 1.165) is 15.5 Å². The summed E-state index contributed by atoms with van der Waals surface area (Å²) in [7, 11) is 6.01. The molecule has 4 rings (SSSR count). The number of rotatable bonds is 37. The second kappa shape index (κ2) is 36.7. The second-order valence-electron chi connectivity index (χ2n) is 23.0. The minimum absolute atomic E-state index is 0.0921. The van der Waals surface area contributed by atoms with Crippen LogP contribution in [0.4, 0.5) is 10.5 Å². The monoisotopic (exact) mass is 1270 g/mol. The molecule has 2 aromatic carbocycles. The summed E-state index contributed by atoms with van der Waals surface area (Å²) >= 11 is 1.46. The number of aliphatic hydroxyl groups is 3. The van der Waals surface area contributed by atoms with Crippen molar-refractivity contribution in [3.8, 4) is 5.75 Å². The number of hydrogen-bond acceptors (Lipinski definition) is 20. The molecular weight excluding hydrogens is 1180 g/mol. The predicted molar refractivity (Wildman–Crippen MR) is 327 cm³/mol. The number of methoxy groups -OCH3 is 2. The molecule has 2 unspecified atom stereocenters. The first-order valence-electron chi connectivity index (χ1n) is 29.8. The van der Waals surface area contributed by atoms with Crippen molar-refractivity contribution in [3.63, 3.8) is 0 Å². The summed E-state index contributed by atoms with van der Waals surface area (Å²) in [6.45, 7) is 12.3. The second-order valence-corrected chi connectivity index (χ2v) is 23.9. The SMILES string of the molecule is CCC(C)[C@@H]([C@@H](CC(=O)N1CCC[C@H]1[C@H](OC)[C@@H](C)C(=O)N[C@@H](Cc1ccccc1)c1nccs1)OC)N(C)C(=O)[C@@H](NC(=O)[C@H](C(C)C)N(C)C(=O)OCc1ccc(O[C@H](OC(C(=O)O)[C@@H](O)CO)[C@H](C)O)c(NC(=O)CCNC(=O)CON)c1)C(C)C. The number of aromatic nitrogens is 1. The molecule has 1 aliphatic heterocycles. The first kappa shape index (κ1) is 74.6. The summed E-state index contributed by atoms with van der Waals surface area (Å²) in [5, 5.41) is 53.5. The molecule has 10 N–H and O–H groups in total. The van der Waals surface area contributed by atoms with Gasteiger partial charge in [-0.05, 0) is 67.2 Å². The van der Waals surface area contributed by atoms with E-state index in [-0.39, 0.29) is 60.2 Å². The van der Waals surface area contributed by atoms with Gasteiger partial charge < -0.3 is 75.2 Å². The molecule has 0 spiro atoms. The van der Waals surface area contributed by atoms with Crippen molar-refractivity contribution < 1.29 is 87.3 Å². The van der Waals surface area contributed by atoms with E-state index in [2.05, 4.69) is 31.1 Å². The molecule has 2 heterocycles. The van der Waals surface area contributed by atoms with Gasteiger partial charge in [-0.15, -0.1) is 11.3 Å². The topological polar surface area (TPSA) is 370 Å². The Morgan fingerprint density at radius 3 is 2.15 bits per heavy atom. The molecule has 3 aromatic rings. The van der Waals surface area contributed by atoms with E-state index >= 15 is 0 Å². The molecule has 28 heteroatoms. The van der Waals surface area contributed by atoms with Crippen molar-refractivity contribution in [3.05, 3.63) is 76.2 Å². The maximum absolute atomic E-state index is 14.9. The number of aliphatic hydroxyl groups excluding tert-OH is 3. The Morgan fingerprint density at radius 1 is 0.876 bits per heavy atom. The van der Waals surface area contributed by atoms with E-state index in [1.807, 2.05) is 49.6 Å². The van der Waals surface area contributed by atoms with Crippen LogP contribution in [-0.2, 0) is 70.4 Å². The van der Waals surface area contributed by atoms with Crippen LogP contribution < -0.4 is 31.9 Å². The van der Waals surface area contributed by atoms with Gasteiger partial charge in [-0.1, -0.05) is 91.3 Å². The summed E-state index contributed by atoms with van der Waals surface area (Å²) in [6, 6.07) is 10.1. The van der Waals surface area contributed by atoms with Crippen LogP contribution in [0.15, 0.2) is 60.1 Å². The molecule has 0 bridgehead atoms. The number of nitrogens with one attached hydrogen (secondary N) is 4. The number of hydrogen-bond donors (Lipinski definition) is 9. The zero-order valence-corrected chi connectivity index (χ0v) is 53.8. The Kier molecular flexibility index (Phi) is 30.7. The Hall–Kier alpha value is -6.89. The number of carboxylic acid groups (broad SMARTS) is 1. The van der Waals surface area contributed by atoms with Gasteiger partial charge >= 0.3 is 12.1 Å². The average molecular weight is 1270 g/mol. The third-order valence-electron chi connectivity index (χ3n) is 15.7. The van der Waals surface area contributed by atoms with E-state index in [0.29, 0.717) is 32.2 Å². The largest absolute Gasteiger partial charge is 0.479 e. The van der Waals surface area contributed by atoms with Crippen molar-refractivity contribution >= 4 is 64.5 Å². The highest BCUT2D eigenvalue weighted by Crippen LogP contribution is 2.32.